The highest BCUT2D eigenvalue weighted by atomic mass is 79.9. The second kappa shape index (κ2) is 8.20. The lowest BCUT2D eigenvalue weighted by molar-refractivity contribution is 0.0608. The second-order valence-electron chi connectivity index (χ2n) is 3.61. The summed E-state index contributed by atoms with van der Waals surface area (Å²) in [6.45, 7) is 5.04. The van der Waals surface area contributed by atoms with Crippen molar-refractivity contribution in [1.29, 1.82) is 0 Å². The molecule has 1 N–H and O–H groups in total. The van der Waals surface area contributed by atoms with Crippen LogP contribution in [0.2, 0.25) is 0 Å². The molecule has 0 saturated carbocycles. The lowest BCUT2D eigenvalue weighted by Gasteiger charge is -2.13. The Morgan fingerprint density at radius 2 is 2.31 bits per heavy atom. The maximum absolute atomic E-state index is 5.44. The Balaban J connectivity index is 2.08. The zero-order chi connectivity index (χ0) is 11.8. The van der Waals surface area contributed by atoms with Crippen LogP contribution in [0.1, 0.15) is 12.5 Å². The molecule has 0 aliphatic rings. The summed E-state index contributed by atoms with van der Waals surface area (Å²) in [6.07, 6.45) is 0. The number of hydrogen-bond acceptors (Lipinski definition) is 4. The maximum atomic E-state index is 5.44. The van der Waals surface area contributed by atoms with Gasteiger partial charge in [0.05, 0.1) is 23.6 Å². The molecular formula is C11H18BrNO2S. The molecule has 92 valence electrons. The van der Waals surface area contributed by atoms with Crippen LogP contribution < -0.4 is 5.32 Å². The minimum absolute atomic E-state index is 0.357. The molecule has 0 spiro atoms. The molecule has 0 aromatic carbocycles. The Morgan fingerprint density at radius 1 is 1.50 bits per heavy atom. The summed E-state index contributed by atoms with van der Waals surface area (Å²) in [7, 11) is 1.68. The van der Waals surface area contributed by atoms with Crippen molar-refractivity contribution < 1.29 is 9.47 Å². The van der Waals surface area contributed by atoms with Crippen molar-refractivity contribution in [1.82, 2.24) is 5.32 Å². The minimum Gasteiger partial charge on any atom is -0.382 e. The van der Waals surface area contributed by atoms with Gasteiger partial charge in [0.25, 0.3) is 0 Å². The van der Waals surface area contributed by atoms with Crippen molar-refractivity contribution >= 4 is 27.3 Å². The van der Waals surface area contributed by atoms with E-state index in [9.17, 15) is 0 Å². The summed E-state index contributed by atoms with van der Waals surface area (Å²) in [5, 5.41) is 5.56. The summed E-state index contributed by atoms with van der Waals surface area (Å²) in [6, 6.07) is 2.49. The zero-order valence-corrected chi connectivity index (χ0v) is 12.1. The summed E-state index contributed by atoms with van der Waals surface area (Å²) in [4.78, 5) is 0. The van der Waals surface area contributed by atoms with E-state index in [2.05, 4.69) is 39.6 Å². The number of methoxy groups -OCH3 is 1. The van der Waals surface area contributed by atoms with E-state index in [1.54, 1.807) is 18.4 Å². The molecular weight excluding hydrogens is 290 g/mol. The van der Waals surface area contributed by atoms with Gasteiger partial charge in [-0.3, -0.25) is 0 Å². The van der Waals surface area contributed by atoms with Crippen molar-refractivity contribution in [2.45, 2.75) is 19.5 Å². The summed E-state index contributed by atoms with van der Waals surface area (Å²) in [5.74, 6) is 0. The molecule has 1 aromatic rings. The fraction of sp³-hybridized carbons (Fsp3) is 0.636. The topological polar surface area (TPSA) is 30.5 Å². The van der Waals surface area contributed by atoms with Crippen LogP contribution >= 0.6 is 27.3 Å². The molecule has 0 radical (unpaired) electrons. The molecule has 0 bridgehead atoms. The lowest BCUT2D eigenvalue weighted by Crippen LogP contribution is -2.30. The number of halogens is 1. The van der Waals surface area contributed by atoms with Crippen molar-refractivity contribution in [3.8, 4) is 0 Å². The van der Waals surface area contributed by atoms with Crippen molar-refractivity contribution in [2.75, 3.05) is 26.9 Å². The Kier molecular flexibility index (Phi) is 7.23. The Hall–Kier alpha value is 0.0600. The third kappa shape index (κ3) is 5.96. The first-order valence-electron chi connectivity index (χ1n) is 5.25. The second-order valence-corrected chi connectivity index (χ2v) is 5.90. The average Bonchev–Trinajstić information content (AvgIpc) is 2.68. The van der Waals surface area contributed by atoms with Gasteiger partial charge in [-0.1, -0.05) is 0 Å². The highest BCUT2D eigenvalue weighted by Crippen LogP contribution is 2.20. The van der Waals surface area contributed by atoms with Crippen molar-refractivity contribution in [3.63, 3.8) is 0 Å². The van der Waals surface area contributed by atoms with Crippen LogP contribution in [0.3, 0.4) is 0 Å². The quantitative estimate of drug-likeness (QED) is 0.749. The van der Waals surface area contributed by atoms with Crippen LogP contribution in [0.15, 0.2) is 15.2 Å². The SMILES string of the molecule is COCCOCC(C)NCc1csc(Br)c1. The lowest BCUT2D eigenvalue weighted by atomic mass is 10.3. The molecule has 16 heavy (non-hydrogen) atoms. The van der Waals surface area contributed by atoms with E-state index in [4.69, 9.17) is 9.47 Å². The molecule has 0 aliphatic heterocycles. The number of thiophene rings is 1. The Labute approximate surface area is 109 Å². The monoisotopic (exact) mass is 307 g/mol. The van der Waals surface area contributed by atoms with Gasteiger partial charge >= 0.3 is 0 Å². The number of nitrogens with one attached hydrogen (secondary N) is 1. The van der Waals surface area contributed by atoms with Crippen LogP contribution in [0.4, 0.5) is 0 Å². The van der Waals surface area contributed by atoms with Crippen LogP contribution in [-0.4, -0.2) is 33.0 Å². The van der Waals surface area contributed by atoms with Gasteiger partial charge in [0.15, 0.2) is 0 Å². The first-order valence-corrected chi connectivity index (χ1v) is 6.92. The average molecular weight is 308 g/mol. The predicted octanol–water partition coefficient (Wildman–Crippen LogP) is 2.65. The van der Waals surface area contributed by atoms with E-state index in [1.807, 2.05) is 0 Å². The van der Waals surface area contributed by atoms with E-state index in [0.717, 1.165) is 6.54 Å². The molecule has 0 fully saturated rings. The van der Waals surface area contributed by atoms with Gasteiger partial charge in [0, 0.05) is 19.7 Å². The fourth-order valence-electron chi connectivity index (χ4n) is 1.19. The van der Waals surface area contributed by atoms with Gasteiger partial charge in [-0.05, 0) is 39.9 Å². The van der Waals surface area contributed by atoms with E-state index in [0.29, 0.717) is 25.9 Å². The highest BCUT2D eigenvalue weighted by molar-refractivity contribution is 9.11. The number of rotatable bonds is 8. The normalized spacial score (nSPS) is 12.9. The minimum atomic E-state index is 0.357. The number of hydrogen-bond donors (Lipinski definition) is 1. The third-order valence-corrected chi connectivity index (χ3v) is 3.63. The molecule has 1 unspecified atom stereocenters. The predicted molar refractivity (Wildman–Crippen MR) is 71.0 cm³/mol. The van der Waals surface area contributed by atoms with Crippen LogP contribution in [0.5, 0.6) is 0 Å². The van der Waals surface area contributed by atoms with Gasteiger partial charge in [0.2, 0.25) is 0 Å². The van der Waals surface area contributed by atoms with Crippen LogP contribution in [-0.2, 0) is 16.0 Å². The van der Waals surface area contributed by atoms with Crippen LogP contribution in [0.25, 0.3) is 0 Å². The van der Waals surface area contributed by atoms with E-state index in [-0.39, 0.29) is 0 Å². The van der Waals surface area contributed by atoms with Crippen LogP contribution in [0, 0.1) is 0 Å². The van der Waals surface area contributed by atoms with Gasteiger partial charge in [-0.15, -0.1) is 11.3 Å². The van der Waals surface area contributed by atoms with E-state index < -0.39 is 0 Å². The largest absolute Gasteiger partial charge is 0.382 e. The zero-order valence-electron chi connectivity index (χ0n) is 9.66. The molecule has 1 atom stereocenters. The first-order chi connectivity index (χ1) is 7.72. The molecule has 1 heterocycles. The number of ether oxygens (including phenoxy) is 2. The Morgan fingerprint density at radius 3 is 2.94 bits per heavy atom. The summed E-state index contributed by atoms with van der Waals surface area (Å²) >= 11 is 5.16. The first kappa shape index (κ1) is 14.1. The van der Waals surface area contributed by atoms with Gasteiger partial charge in [-0.2, -0.15) is 0 Å². The molecule has 3 nitrogen and oxygen atoms in total. The molecule has 5 heteroatoms. The standard InChI is InChI=1S/C11H18BrNO2S/c1-9(7-15-4-3-14-2)13-6-10-5-11(12)16-8-10/h5,8-9,13H,3-4,6-7H2,1-2H3. The maximum Gasteiger partial charge on any atom is 0.0701 e. The van der Waals surface area contributed by atoms with Gasteiger partial charge in [0.1, 0.15) is 0 Å². The molecule has 0 saturated heterocycles. The molecule has 0 aliphatic carbocycles. The van der Waals surface area contributed by atoms with Crippen molar-refractivity contribution in [3.05, 3.63) is 20.8 Å². The van der Waals surface area contributed by atoms with Crippen molar-refractivity contribution in [2.24, 2.45) is 0 Å². The van der Waals surface area contributed by atoms with Gasteiger partial charge in [-0.25, -0.2) is 0 Å². The summed E-state index contributed by atoms with van der Waals surface area (Å²) < 4.78 is 11.5. The van der Waals surface area contributed by atoms with Gasteiger partial charge < -0.3 is 14.8 Å². The fourth-order valence-corrected chi connectivity index (χ4v) is 2.40. The third-order valence-electron chi connectivity index (χ3n) is 2.08. The smallest absolute Gasteiger partial charge is 0.0701 e. The van der Waals surface area contributed by atoms with E-state index >= 15 is 0 Å². The highest BCUT2D eigenvalue weighted by Gasteiger charge is 2.02. The molecule has 1 rings (SSSR count). The molecule has 1 aromatic heterocycles. The Bertz CT molecular complexity index is 293. The summed E-state index contributed by atoms with van der Waals surface area (Å²) in [5.41, 5.74) is 1.31. The van der Waals surface area contributed by atoms with E-state index in [1.165, 1.54) is 9.35 Å². The molecule has 0 amide bonds.